The Morgan fingerprint density at radius 2 is 2.62 bits per heavy atom. The molecule has 0 aliphatic rings. The molecule has 1 heterocycles. The summed E-state index contributed by atoms with van der Waals surface area (Å²) in [5.74, 6) is -0.151. The number of H-pyrrole nitrogens is 1. The summed E-state index contributed by atoms with van der Waals surface area (Å²) < 4.78 is 4.31. The molecule has 1 rings (SSSR count). The molecule has 0 spiro atoms. The predicted molar refractivity (Wildman–Crippen MR) is 28.5 cm³/mol. The Morgan fingerprint density at radius 1 is 1.88 bits per heavy atom. The van der Waals surface area contributed by atoms with Gasteiger partial charge in [-0.1, -0.05) is 0 Å². The summed E-state index contributed by atoms with van der Waals surface area (Å²) in [6.07, 6.45) is 1.20. The van der Waals surface area contributed by atoms with Crippen molar-refractivity contribution >= 4 is 12.5 Å². The Morgan fingerprint density at radius 3 is 2.88 bits per heavy atom. The highest BCUT2D eigenvalue weighted by Crippen LogP contribution is 1.98. The molecule has 42 valence electrons. The lowest BCUT2D eigenvalue weighted by atomic mass is 10.8. The molecule has 0 aliphatic heterocycles. The zero-order chi connectivity index (χ0) is 5.98. The van der Waals surface area contributed by atoms with E-state index in [2.05, 4.69) is 21.1 Å². The van der Waals surface area contributed by atoms with Gasteiger partial charge in [0, 0.05) is 0 Å². The third kappa shape index (κ3) is 0.676. The number of nitrogens with zero attached hydrogens (tertiary/aromatic N) is 1. The number of hydrogen-bond acceptors (Lipinski definition) is 3. The molecule has 1 N–H and O–H groups in total. The van der Waals surface area contributed by atoms with Gasteiger partial charge in [0.1, 0.15) is 6.26 Å². The SMILES string of the molecule is C=Nc1coc(=O)[nH]1. The van der Waals surface area contributed by atoms with E-state index in [9.17, 15) is 4.79 Å². The Kier molecular flexibility index (Phi) is 0.997. The van der Waals surface area contributed by atoms with E-state index in [4.69, 9.17) is 0 Å². The second-order valence-corrected chi connectivity index (χ2v) is 1.19. The van der Waals surface area contributed by atoms with Crippen molar-refractivity contribution in [3.05, 3.63) is 16.8 Å². The number of hydrogen-bond donors (Lipinski definition) is 1. The van der Waals surface area contributed by atoms with Crippen LogP contribution >= 0.6 is 0 Å². The van der Waals surface area contributed by atoms with E-state index in [1.807, 2.05) is 0 Å². The fourth-order valence-corrected chi connectivity index (χ4v) is 0.350. The van der Waals surface area contributed by atoms with Gasteiger partial charge in [-0.25, -0.2) is 9.79 Å². The standard InChI is InChI=1S/C4H4N2O2/c1-5-3-2-8-4(7)6-3/h2H,1H2,(H,6,7). The molecule has 0 aromatic carbocycles. The van der Waals surface area contributed by atoms with Crippen molar-refractivity contribution in [2.45, 2.75) is 0 Å². The summed E-state index contributed by atoms with van der Waals surface area (Å²) in [6.45, 7) is 3.16. The van der Waals surface area contributed by atoms with Gasteiger partial charge in [0.05, 0.1) is 0 Å². The van der Waals surface area contributed by atoms with Gasteiger partial charge in [-0.3, -0.25) is 4.98 Å². The molecule has 0 bridgehead atoms. The molecule has 0 saturated heterocycles. The zero-order valence-corrected chi connectivity index (χ0v) is 4.05. The summed E-state index contributed by atoms with van der Waals surface area (Å²) in [7, 11) is 0. The lowest BCUT2D eigenvalue weighted by molar-refractivity contribution is 0.515. The van der Waals surface area contributed by atoms with Crippen molar-refractivity contribution < 1.29 is 4.42 Å². The summed E-state index contributed by atoms with van der Waals surface area (Å²) in [4.78, 5) is 15.8. The van der Waals surface area contributed by atoms with Crippen molar-refractivity contribution in [1.82, 2.24) is 4.98 Å². The molecule has 0 radical (unpaired) electrons. The molecule has 0 saturated carbocycles. The Balaban J connectivity index is 3.18. The van der Waals surface area contributed by atoms with Gasteiger partial charge >= 0.3 is 5.76 Å². The van der Waals surface area contributed by atoms with Crippen LogP contribution < -0.4 is 5.76 Å². The highest BCUT2D eigenvalue weighted by Gasteiger charge is 1.88. The quantitative estimate of drug-likeness (QED) is 0.531. The first kappa shape index (κ1) is 4.83. The second-order valence-electron chi connectivity index (χ2n) is 1.19. The van der Waals surface area contributed by atoms with Gasteiger partial charge in [0.25, 0.3) is 0 Å². The zero-order valence-electron chi connectivity index (χ0n) is 4.05. The molecule has 0 fully saturated rings. The average molecular weight is 112 g/mol. The normalized spacial score (nSPS) is 9.00. The number of nitrogens with one attached hydrogen (secondary N) is 1. The third-order valence-electron chi connectivity index (χ3n) is 0.678. The Bertz CT molecular complexity index is 234. The number of rotatable bonds is 1. The maximum Gasteiger partial charge on any atom is 0.417 e. The monoisotopic (exact) mass is 112 g/mol. The molecule has 8 heavy (non-hydrogen) atoms. The highest BCUT2D eigenvalue weighted by molar-refractivity contribution is 5.36. The number of aromatic nitrogens is 1. The molecule has 0 amide bonds. The molecule has 1 aromatic rings. The number of aromatic amines is 1. The maximum atomic E-state index is 10.1. The first-order valence-electron chi connectivity index (χ1n) is 1.97. The van der Waals surface area contributed by atoms with Crippen LogP contribution in [0.2, 0.25) is 0 Å². The van der Waals surface area contributed by atoms with E-state index in [1.54, 1.807) is 0 Å². The Hall–Kier alpha value is -1.32. The van der Waals surface area contributed by atoms with Crippen molar-refractivity contribution in [3.8, 4) is 0 Å². The minimum atomic E-state index is -0.507. The van der Waals surface area contributed by atoms with E-state index in [0.717, 1.165) is 0 Å². The number of aliphatic imine (C=N–C) groups is 1. The topological polar surface area (TPSA) is 58.4 Å². The lowest BCUT2D eigenvalue weighted by Crippen LogP contribution is -1.92. The highest BCUT2D eigenvalue weighted by atomic mass is 16.4. The minimum absolute atomic E-state index is 0.356. The minimum Gasteiger partial charge on any atom is -0.414 e. The van der Waals surface area contributed by atoms with Crippen molar-refractivity contribution in [2.24, 2.45) is 4.99 Å². The molecule has 0 atom stereocenters. The van der Waals surface area contributed by atoms with Crippen molar-refractivity contribution in [1.29, 1.82) is 0 Å². The molecule has 0 unspecified atom stereocenters. The van der Waals surface area contributed by atoms with Gasteiger partial charge in [0.2, 0.25) is 0 Å². The van der Waals surface area contributed by atoms with Gasteiger partial charge < -0.3 is 4.42 Å². The van der Waals surface area contributed by atoms with E-state index in [0.29, 0.717) is 5.82 Å². The van der Waals surface area contributed by atoms with Crippen molar-refractivity contribution in [3.63, 3.8) is 0 Å². The second kappa shape index (κ2) is 1.65. The van der Waals surface area contributed by atoms with Gasteiger partial charge in [-0.15, -0.1) is 0 Å². The van der Waals surface area contributed by atoms with Crippen LogP contribution in [0.5, 0.6) is 0 Å². The van der Waals surface area contributed by atoms with Crippen LogP contribution in [0.15, 0.2) is 20.5 Å². The van der Waals surface area contributed by atoms with Gasteiger partial charge in [-0.05, 0) is 6.72 Å². The summed E-state index contributed by atoms with van der Waals surface area (Å²) in [6, 6.07) is 0. The lowest BCUT2D eigenvalue weighted by Gasteiger charge is -1.70. The predicted octanol–water partition coefficient (Wildman–Crippen LogP) is 0.300. The summed E-state index contributed by atoms with van der Waals surface area (Å²) in [5, 5.41) is 0. The summed E-state index contributed by atoms with van der Waals surface area (Å²) in [5.41, 5.74) is 0. The number of oxazole rings is 1. The van der Waals surface area contributed by atoms with Crippen molar-refractivity contribution in [2.75, 3.05) is 0 Å². The fraction of sp³-hybridized carbons (Fsp3) is 0. The van der Waals surface area contributed by atoms with Crippen LogP contribution in [0.4, 0.5) is 5.82 Å². The summed E-state index contributed by atoms with van der Waals surface area (Å²) >= 11 is 0. The Labute approximate surface area is 44.9 Å². The molecule has 4 nitrogen and oxygen atoms in total. The first-order valence-corrected chi connectivity index (χ1v) is 1.97. The van der Waals surface area contributed by atoms with Gasteiger partial charge in [-0.2, -0.15) is 0 Å². The molecule has 4 heteroatoms. The van der Waals surface area contributed by atoms with Gasteiger partial charge in [0.15, 0.2) is 5.82 Å². The smallest absolute Gasteiger partial charge is 0.414 e. The third-order valence-corrected chi connectivity index (χ3v) is 0.678. The van der Waals surface area contributed by atoms with E-state index in [-0.39, 0.29) is 0 Å². The maximum absolute atomic E-state index is 10.1. The molecule has 0 aliphatic carbocycles. The van der Waals surface area contributed by atoms with E-state index >= 15 is 0 Å². The van der Waals surface area contributed by atoms with E-state index in [1.165, 1.54) is 6.26 Å². The van der Waals surface area contributed by atoms with Crippen LogP contribution in [0.25, 0.3) is 0 Å². The fourth-order valence-electron chi connectivity index (χ4n) is 0.350. The van der Waals surface area contributed by atoms with Crippen LogP contribution in [-0.2, 0) is 0 Å². The first-order chi connectivity index (χ1) is 3.83. The molecule has 1 aromatic heterocycles. The molecular weight excluding hydrogens is 108 g/mol. The average Bonchev–Trinajstić information content (AvgIpc) is 2.14. The van der Waals surface area contributed by atoms with Crippen LogP contribution in [0.1, 0.15) is 0 Å². The van der Waals surface area contributed by atoms with E-state index < -0.39 is 5.76 Å². The van der Waals surface area contributed by atoms with Crippen LogP contribution in [-0.4, -0.2) is 11.7 Å². The van der Waals surface area contributed by atoms with Crippen LogP contribution in [0.3, 0.4) is 0 Å². The largest absolute Gasteiger partial charge is 0.417 e. The molecular formula is C4H4N2O2. The van der Waals surface area contributed by atoms with Crippen LogP contribution in [0, 0.1) is 0 Å².